The van der Waals surface area contributed by atoms with Crippen molar-refractivity contribution in [3.8, 4) is 0 Å². The number of para-hydroxylation sites is 1. The van der Waals surface area contributed by atoms with E-state index in [2.05, 4.69) is 49.0 Å². The first-order valence-corrected chi connectivity index (χ1v) is 6.84. The number of hydrogen-bond donors (Lipinski definition) is 1. The van der Waals surface area contributed by atoms with Crippen molar-refractivity contribution in [3.63, 3.8) is 0 Å². The molecule has 0 aliphatic rings. The Bertz CT molecular complexity index is 630. The van der Waals surface area contributed by atoms with Gasteiger partial charge in [-0.3, -0.25) is 4.40 Å². The van der Waals surface area contributed by atoms with Gasteiger partial charge in [-0.15, -0.1) is 0 Å². The van der Waals surface area contributed by atoms with Gasteiger partial charge in [-0.25, -0.2) is 4.98 Å². The number of anilines is 1. The van der Waals surface area contributed by atoms with Gasteiger partial charge in [0.05, 0.1) is 22.2 Å². The van der Waals surface area contributed by atoms with Crippen LogP contribution in [-0.2, 0) is 6.54 Å². The molecule has 17 heavy (non-hydrogen) atoms. The van der Waals surface area contributed by atoms with E-state index in [1.807, 2.05) is 24.4 Å². The summed E-state index contributed by atoms with van der Waals surface area (Å²) < 4.78 is 3.20. The molecule has 0 radical (unpaired) electrons. The number of nitrogens with zero attached hydrogens (tertiary/aromatic N) is 2. The van der Waals surface area contributed by atoms with Crippen LogP contribution in [0.25, 0.3) is 4.96 Å². The second kappa shape index (κ2) is 4.50. The second-order valence-electron chi connectivity index (χ2n) is 3.66. The largest absolute Gasteiger partial charge is 0.379 e. The number of fused-ring (bicyclic) bond motifs is 1. The van der Waals surface area contributed by atoms with Gasteiger partial charge in [0.1, 0.15) is 0 Å². The van der Waals surface area contributed by atoms with Gasteiger partial charge in [0, 0.05) is 11.9 Å². The second-order valence-corrected chi connectivity index (χ2v) is 6.05. The Morgan fingerprint density at radius 3 is 2.94 bits per heavy atom. The minimum absolute atomic E-state index is 0.772. The lowest BCUT2D eigenvalue weighted by Gasteiger charge is -2.04. The highest BCUT2D eigenvalue weighted by Crippen LogP contribution is 2.23. The van der Waals surface area contributed by atoms with Crippen molar-refractivity contribution in [1.82, 2.24) is 9.38 Å². The van der Waals surface area contributed by atoms with Crippen molar-refractivity contribution in [1.29, 1.82) is 0 Å². The molecule has 0 spiro atoms. The summed E-state index contributed by atoms with van der Waals surface area (Å²) >= 11 is 5.11. The van der Waals surface area contributed by atoms with E-state index in [1.165, 1.54) is 0 Å². The van der Waals surface area contributed by atoms with E-state index in [-0.39, 0.29) is 0 Å². The van der Waals surface area contributed by atoms with Gasteiger partial charge < -0.3 is 5.32 Å². The van der Waals surface area contributed by atoms with Crippen LogP contribution in [0.5, 0.6) is 0 Å². The molecule has 2 heterocycles. The summed E-state index contributed by atoms with van der Waals surface area (Å²) in [4.78, 5) is 5.38. The molecular formula is C12H10BrN3S. The number of rotatable bonds is 3. The van der Waals surface area contributed by atoms with Crippen LogP contribution in [-0.4, -0.2) is 9.38 Å². The summed E-state index contributed by atoms with van der Waals surface area (Å²) in [5, 5.41) is 3.38. The number of imidazole rings is 1. The fraction of sp³-hybridized carbons (Fsp3) is 0.0833. The molecule has 0 atom stereocenters. The Balaban J connectivity index is 1.81. The molecule has 2 aromatic heterocycles. The van der Waals surface area contributed by atoms with Gasteiger partial charge in [0.15, 0.2) is 4.96 Å². The lowest BCUT2D eigenvalue weighted by atomic mass is 10.3. The van der Waals surface area contributed by atoms with E-state index in [0.29, 0.717) is 0 Å². The molecule has 1 aromatic carbocycles. The molecule has 86 valence electrons. The van der Waals surface area contributed by atoms with Crippen LogP contribution in [0.2, 0.25) is 0 Å². The molecule has 0 aliphatic heterocycles. The molecule has 3 rings (SSSR count). The van der Waals surface area contributed by atoms with Crippen LogP contribution in [0.1, 0.15) is 5.69 Å². The monoisotopic (exact) mass is 307 g/mol. The van der Waals surface area contributed by atoms with Gasteiger partial charge >= 0.3 is 0 Å². The summed E-state index contributed by atoms with van der Waals surface area (Å²) in [7, 11) is 0. The van der Waals surface area contributed by atoms with E-state index in [0.717, 1.165) is 26.7 Å². The quantitative estimate of drug-likeness (QED) is 0.798. The first-order chi connectivity index (χ1) is 8.33. The predicted octanol–water partition coefficient (Wildman–Crippen LogP) is 3.77. The summed E-state index contributed by atoms with van der Waals surface area (Å²) in [6, 6.07) is 10.2. The summed E-state index contributed by atoms with van der Waals surface area (Å²) in [5.41, 5.74) is 2.28. The maximum absolute atomic E-state index is 4.36. The van der Waals surface area contributed by atoms with E-state index in [1.54, 1.807) is 11.3 Å². The lowest BCUT2D eigenvalue weighted by molar-refractivity contribution is 1.01. The van der Waals surface area contributed by atoms with Gasteiger partial charge in [-0.2, -0.15) is 0 Å². The molecule has 0 fully saturated rings. The third kappa shape index (κ3) is 2.21. The molecule has 0 unspecified atom stereocenters. The Morgan fingerprint density at radius 2 is 2.12 bits per heavy atom. The fourth-order valence-electron chi connectivity index (χ4n) is 1.69. The van der Waals surface area contributed by atoms with Crippen molar-refractivity contribution in [2.75, 3.05) is 5.32 Å². The number of nitrogens with one attached hydrogen (secondary N) is 1. The normalized spacial score (nSPS) is 10.9. The standard InChI is InChI=1S/C12H10BrN3S/c13-11-8-16-10(7-15-12(16)17-11)6-14-9-4-2-1-3-5-9/h1-5,7-8,14H,6H2. The number of benzene rings is 1. The highest BCUT2D eigenvalue weighted by molar-refractivity contribution is 9.11. The molecule has 3 nitrogen and oxygen atoms in total. The van der Waals surface area contributed by atoms with Crippen molar-refractivity contribution < 1.29 is 0 Å². The van der Waals surface area contributed by atoms with Crippen molar-refractivity contribution in [3.05, 3.63) is 52.2 Å². The van der Waals surface area contributed by atoms with E-state index in [9.17, 15) is 0 Å². The number of thiazole rings is 1. The first kappa shape index (κ1) is 10.8. The van der Waals surface area contributed by atoms with Gasteiger partial charge in [-0.05, 0) is 28.1 Å². The molecule has 0 bridgehead atoms. The van der Waals surface area contributed by atoms with E-state index < -0.39 is 0 Å². The zero-order valence-electron chi connectivity index (χ0n) is 8.93. The zero-order chi connectivity index (χ0) is 11.7. The molecule has 0 amide bonds. The number of aromatic nitrogens is 2. The molecule has 3 aromatic rings. The highest BCUT2D eigenvalue weighted by Gasteiger charge is 2.06. The third-order valence-corrected chi connectivity index (χ3v) is 3.98. The maximum atomic E-state index is 4.36. The molecule has 0 aliphatic carbocycles. The van der Waals surface area contributed by atoms with Gasteiger partial charge in [0.25, 0.3) is 0 Å². The minimum Gasteiger partial charge on any atom is -0.379 e. The van der Waals surface area contributed by atoms with Gasteiger partial charge in [-0.1, -0.05) is 29.5 Å². The molecule has 1 N–H and O–H groups in total. The molecular weight excluding hydrogens is 298 g/mol. The zero-order valence-corrected chi connectivity index (χ0v) is 11.3. The Hall–Kier alpha value is -1.33. The van der Waals surface area contributed by atoms with Gasteiger partial charge in [0.2, 0.25) is 0 Å². The van der Waals surface area contributed by atoms with Crippen LogP contribution in [0.3, 0.4) is 0 Å². The van der Waals surface area contributed by atoms with E-state index >= 15 is 0 Å². The maximum Gasteiger partial charge on any atom is 0.194 e. The molecule has 0 saturated heterocycles. The smallest absolute Gasteiger partial charge is 0.194 e. The van der Waals surface area contributed by atoms with E-state index in [4.69, 9.17) is 0 Å². The SMILES string of the molecule is Brc1cn2c(CNc3ccccc3)cnc2s1. The Morgan fingerprint density at radius 1 is 1.29 bits per heavy atom. The number of hydrogen-bond acceptors (Lipinski definition) is 3. The number of halogens is 1. The molecule has 0 saturated carbocycles. The summed E-state index contributed by atoms with van der Waals surface area (Å²) in [6.45, 7) is 0.772. The minimum atomic E-state index is 0.772. The van der Waals surface area contributed by atoms with Crippen LogP contribution < -0.4 is 5.32 Å². The lowest BCUT2D eigenvalue weighted by Crippen LogP contribution is -2.01. The van der Waals surface area contributed by atoms with Crippen molar-refractivity contribution in [2.24, 2.45) is 0 Å². The predicted molar refractivity (Wildman–Crippen MR) is 74.5 cm³/mol. The van der Waals surface area contributed by atoms with Crippen LogP contribution in [0.15, 0.2) is 46.5 Å². The van der Waals surface area contributed by atoms with Crippen molar-refractivity contribution in [2.45, 2.75) is 6.54 Å². The summed E-state index contributed by atoms with van der Waals surface area (Å²) in [5.74, 6) is 0. The van der Waals surface area contributed by atoms with Crippen LogP contribution in [0.4, 0.5) is 5.69 Å². The Labute approximate surface area is 111 Å². The molecule has 5 heteroatoms. The first-order valence-electron chi connectivity index (χ1n) is 5.23. The fourth-order valence-corrected chi connectivity index (χ4v) is 3.03. The Kier molecular flexibility index (Phi) is 2.86. The average molecular weight is 308 g/mol. The summed E-state index contributed by atoms with van der Waals surface area (Å²) in [6.07, 6.45) is 3.96. The topological polar surface area (TPSA) is 29.3 Å². The van der Waals surface area contributed by atoms with Crippen LogP contribution in [0, 0.1) is 0 Å². The highest BCUT2D eigenvalue weighted by atomic mass is 79.9. The van der Waals surface area contributed by atoms with Crippen LogP contribution >= 0.6 is 27.3 Å². The average Bonchev–Trinajstić information content (AvgIpc) is 2.87. The van der Waals surface area contributed by atoms with Crippen molar-refractivity contribution >= 4 is 37.9 Å². The third-order valence-electron chi connectivity index (χ3n) is 2.51.